The molecule has 1 unspecified atom stereocenters. The summed E-state index contributed by atoms with van der Waals surface area (Å²) in [5.74, 6) is -3.40. The molecule has 1 heterocycles. The maximum absolute atomic E-state index is 13.5. The van der Waals surface area contributed by atoms with Crippen LogP contribution in [0.25, 0.3) is 0 Å². The Morgan fingerprint density at radius 1 is 1.00 bits per heavy atom. The van der Waals surface area contributed by atoms with Crippen LogP contribution >= 0.6 is 0 Å². The van der Waals surface area contributed by atoms with E-state index >= 15 is 0 Å². The highest BCUT2D eigenvalue weighted by molar-refractivity contribution is 7.91. The van der Waals surface area contributed by atoms with Gasteiger partial charge in [0, 0.05) is 30.4 Å². The lowest BCUT2D eigenvalue weighted by molar-refractivity contribution is -0.192. The Morgan fingerprint density at radius 2 is 1.58 bits per heavy atom. The van der Waals surface area contributed by atoms with Gasteiger partial charge in [0.25, 0.3) is 0 Å². The van der Waals surface area contributed by atoms with E-state index in [-0.39, 0.29) is 40.2 Å². The summed E-state index contributed by atoms with van der Waals surface area (Å²) >= 11 is 0. The number of benzene rings is 2. The molecule has 15 heteroatoms. The molecule has 0 bridgehead atoms. The lowest BCUT2D eigenvalue weighted by Gasteiger charge is -2.44. The van der Waals surface area contributed by atoms with E-state index in [4.69, 9.17) is 9.90 Å². The van der Waals surface area contributed by atoms with Gasteiger partial charge in [-0.15, -0.1) is 0 Å². The number of alkyl halides is 6. The normalized spacial score (nSPS) is 22.7. The summed E-state index contributed by atoms with van der Waals surface area (Å²) in [4.78, 5) is 26.6. The second kappa shape index (κ2) is 14.4. The summed E-state index contributed by atoms with van der Waals surface area (Å²) in [6, 6.07) is 12.9. The highest BCUT2D eigenvalue weighted by Crippen LogP contribution is 2.38. The molecule has 0 radical (unpaired) electrons. The number of sulfone groups is 1. The molecule has 0 spiro atoms. The molecule has 1 aliphatic carbocycles. The number of carbonyl (C=O) groups excluding carboxylic acids is 1. The van der Waals surface area contributed by atoms with Gasteiger partial charge in [-0.2, -0.15) is 26.3 Å². The predicted molar refractivity (Wildman–Crippen MR) is 155 cm³/mol. The van der Waals surface area contributed by atoms with Gasteiger partial charge in [-0.3, -0.25) is 4.79 Å². The van der Waals surface area contributed by atoms with Gasteiger partial charge in [-0.1, -0.05) is 30.3 Å². The molecule has 1 saturated carbocycles. The zero-order chi connectivity index (χ0) is 33.7. The zero-order valence-electron chi connectivity index (χ0n) is 25.0. The van der Waals surface area contributed by atoms with Gasteiger partial charge in [0.05, 0.1) is 16.2 Å². The summed E-state index contributed by atoms with van der Waals surface area (Å²) in [6.07, 6.45) is -7.17. The molecule has 2 fully saturated rings. The number of carbonyl (C=O) groups is 2. The van der Waals surface area contributed by atoms with E-state index in [1.807, 2.05) is 7.05 Å². The van der Waals surface area contributed by atoms with Gasteiger partial charge < -0.3 is 20.2 Å². The Morgan fingerprint density at radius 3 is 2.13 bits per heavy atom. The smallest absolute Gasteiger partial charge is 0.475 e. The summed E-state index contributed by atoms with van der Waals surface area (Å²) in [6.45, 7) is 4.57. The number of likely N-dealkylation sites (tertiary alicyclic amines) is 1. The van der Waals surface area contributed by atoms with Crippen molar-refractivity contribution in [2.75, 3.05) is 24.7 Å². The summed E-state index contributed by atoms with van der Waals surface area (Å²) in [5, 5.41) is 9.95. The summed E-state index contributed by atoms with van der Waals surface area (Å²) < 4.78 is 98.9. The summed E-state index contributed by atoms with van der Waals surface area (Å²) in [7, 11) is -1.55. The number of nitrogens with zero attached hydrogens (tertiary/aromatic N) is 2. The minimum absolute atomic E-state index is 0.0805. The number of hydrogen-bond acceptors (Lipinski definition) is 6. The molecule has 2 aromatic carbocycles. The molecular weight excluding hydrogens is 628 g/mol. The van der Waals surface area contributed by atoms with E-state index in [9.17, 15) is 39.6 Å². The fourth-order valence-electron chi connectivity index (χ4n) is 5.82. The molecule has 1 aliphatic heterocycles. The number of anilines is 1. The number of carboxylic acid groups (broad SMARTS) is 1. The minimum atomic E-state index is -5.08. The first-order valence-electron chi connectivity index (χ1n) is 14.4. The van der Waals surface area contributed by atoms with Crippen LogP contribution in [0.15, 0.2) is 59.5 Å². The Balaban J connectivity index is 0.000000707. The van der Waals surface area contributed by atoms with Crippen molar-refractivity contribution in [3.63, 3.8) is 0 Å². The van der Waals surface area contributed by atoms with Gasteiger partial charge in [0.15, 0.2) is 9.84 Å². The maximum atomic E-state index is 13.5. The number of hydrogen-bond donors (Lipinski definition) is 2. The number of aliphatic carboxylic acids is 1. The van der Waals surface area contributed by atoms with Crippen molar-refractivity contribution in [2.24, 2.45) is 5.92 Å². The van der Waals surface area contributed by atoms with E-state index in [1.54, 1.807) is 35.2 Å². The third kappa shape index (κ3) is 9.35. The Hall–Kier alpha value is -3.33. The topological polar surface area (TPSA) is 107 Å². The number of rotatable bonds is 8. The second-order valence-corrected chi connectivity index (χ2v) is 13.5. The van der Waals surface area contributed by atoms with Crippen LogP contribution in [0.1, 0.15) is 45.1 Å². The van der Waals surface area contributed by atoms with Gasteiger partial charge in [0.1, 0.15) is 6.04 Å². The molecule has 0 aromatic heterocycles. The highest BCUT2D eigenvalue weighted by atomic mass is 32.2. The van der Waals surface area contributed by atoms with Crippen LogP contribution in [0.4, 0.5) is 32.0 Å². The number of carboxylic acids is 1. The van der Waals surface area contributed by atoms with Gasteiger partial charge >= 0.3 is 18.3 Å². The fourth-order valence-corrected chi connectivity index (χ4v) is 7.51. The van der Waals surface area contributed by atoms with Crippen LogP contribution in [0.5, 0.6) is 0 Å². The SMILES string of the molecule is CC(C)N(C)[C@@H]1CC[C@H](N2CCC(Nc3ccccc3C(F)(F)F)C2=O)[C@H](CS(=O)(=O)c2ccccc2)C1.O=C(O)C(F)(F)F. The van der Waals surface area contributed by atoms with E-state index in [2.05, 4.69) is 24.1 Å². The molecule has 1 amide bonds. The van der Waals surface area contributed by atoms with Crippen LogP contribution in [0, 0.1) is 5.92 Å². The quantitative estimate of drug-likeness (QED) is 0.349. The number of para-hydroxylation sites is 1. The molecule has 2 aromatic rings. The van der Waals surface area contributed by atoms with Gasteiger partial charge in [-0.25, -0.2) is 13.2 Å². The van der Waals surface area contributed by atoms with Crippen molar-refractivity contribution in [3.05, 3.63) is 60.2 Å². The molecule has 8 nitrogen and oxygen atoms in total. The van der Waals surface area contributed by atoms with E-state index in [0.717, 1.165) is 12.5 Å². The zero-order valence-corrected chi connectivity index (χ0v) is 25.8. The van der Waals surface area contributed by atoms with Crippen molar-refractivity contribution in [1.82, 2.24) is 9.80 Å². The lowest BCUT2D eigenvalue weighted by Crippen LogP contribution is -2.52. The van der Waals surface area contributed by atoms with Crippen LogP contribution in [0.2, 0.25) is 0 Å². The molecule has 4 rings (SSSR count). The first-order chi connectivity index (χ1) is 20.8. The largest absolute Gasteiger partial charge is 0.490 e. The predicted octanol–water partition coefficient (Wildman–Crippen LogP) is 5.70. The van der Waals surface area contributed by atoms with Crippen LogP contribution in [-0.4, -0.2) is 84.9 Å². The molecule has 250 valence electrons. The molecule has 45 heavy (non-hydrogen) atoms. The highest BCUT2D eigenvalue weighted by Gasteiger charge is 2.44. The van der Waals surface area contributed by atoms with E-state index in [1.165, 1.54) is 18.2 Å². The Bertz CT molecular complexity index is 1420. The lowest BCUT2D eigenvalue weighted by atomic mass is 9.81. The standard InChI is InChI=1S/C28H36F3N3O3S.C2HF3O2/c1-19(2)33(3)21-13-14-26(20(17-21)18-38(36,37)22-9-5-4-6-10-22)34-16-15-25(27(34)35)32-24-12-8-7-11-23(24)28(29,30)31;3-2(4,5)1(6)7/h4-12,19-21,25-26,32H,13-18H2,1-3H3;(H,6,7)/t20-,21+,25?,26-;/m0./s1. The Labute approximate surface area is 258 Å². The first-order valence-corrected chi connectivity index (χ1v) is 16.0. The fraction of sp³-hybridized carbons (Fsp3) is 0.533. The molecule has 1 saturated heterocycles. The van der Waals surface area contributed by atoms with E-state index < -0.39 is 39.8 Å². The molecule has 2 aliphatic rings. The summed E-state index contributed by atoms with van der Waals surface area (Å²) in [5.41, 5.74) is -0.930. The van der Waals surface area contributed by atoms with Gasteiger partial charge in [0.2, 0.25) is 5.91 Å². The minimum Gasteiger partial charge on any atom is -0.475 e. The maximum Gasteiger partial charge on any atom is 0.490 e. The number of nitrogens with one attached hydrogen (secondary N) is 1. The van der Waals surface area contributed by atoms with E-state index in [0.29, 0.717) is 31.8 Å². The van der Waals surface area contributed by atoms with Crippen LogP contribution < -0.4 is 5.32 Å². The number of halogens is 6. The second-order valence-electron chi connectivity index (χ2n) is 11.5. The third-order valence-electron chi connectivity index (χ3n) is 8.29. The van der Waals surface area contributed by atoms with Crippen molar-refractivity contribution < 1.29 is 49.5 Å². The molecule has 4 atom stereocenters. The third-order valence-corrected chi connectivity index (χ3v) is 10.1. The molecular formula is C30H37F6N3O5S. The average Bonchev–Trinajstić information content (AvgIpc) is 3.31. The van der Waals surface area contributed by atoms with Crippen LogP contribution in [0.3, 0.4) is 0 Å². The monoisotopic (exact) mass is 665 g/mol. The van der Waals surface area contributed by atoms with Gasteiger partial charge in [-0.05, 0) is 76.8 Å². The first kappa shape index (κ1) is 36.1. The Kier molecular flexibility index (Phi) is 11.6. The van der Waals surface area contributed by atoms with Crippen molar-refractivity contribution in [1.29, 1.82) is 0 Å². The average molecular weight is 666 g/mol. The molecule has 2 N–H and O–H groups in total. The van der Waals surface area contributed by atoms with Crippen molar-refractivity contribution in [3.8, 4) is 0 Å². The van der Waals surface area contributed by atoms with Crippen molar-refractivity contribution >= 4 is 27.4 Å². The number of amides is 1. The van der Waals surface area contributed by atoms with Crippen molar-refractivity contribution in [2.45, 2.75) is 80.9 Å². The van der Waals surface area contributed by atoms with Crippen LogP contribution in [-0.2, 0) is 25.6 Å².